The zero-order valence-corrected chi connectivity index (χ0v) is 18.6. The summed E-state index contributed by atoms with van der Waals surface area (Å²) in [4.78, 5) is 14.7. The van der Waals surface area contributed by atoms with Gasteiger partial charge in [0.1, 0.15) is 5.82 Å². The van der Waals surface area contributed by atoms with Gasteiger partial charge in [0.05, 0.1) is 21.2 Å². The average Bonchev–Trinajstić information content (AvgIpc) is 3.23. The van der Waals surface area contributed by atoms with E-state index < -0.39 is 21.7 Å². The number of hydrogen-bond acceptors (Lipinski definition) is 4. The Labute approximate surface area is 181 Å². The number of carbonyl (C=O) groups is 1. The topological polar surface area (TPSA) is 69.7 Å². The predicted octanol–water partition coefficient (Wildman–Crippen LogP) is 4.36. The number of sulfonamides is 1. The van der Waals surface area contributed by atoms with Gasteiger partial charge >= 0.3 is 0 Å². The van der Waals surface area contributed by atoms with Gasteiger partial charge in [-0.05, 0) is 49.2 Å². The Morgan fingerprint density at radius 3 is 2.40 bits per heavy atom. The summed E-state index contributed by atoms with van der Waals surface area (Å²) in [6.45, 7) is 5.73. The van der Waals surface area contributed by atoms with Crippen LogP contribution in [0.25, 0.3) is 0 Å². The van der Waals surface area contributed by atoms with Crippen LogP contribution in [0.1, 0.15) is 37.0 Å². The maximum absolute atomic E-state index is 14.5. The van der Waals surface area contributed by atoms with E-state index in [9.17, 15) is 17.6 Å². The van der Waals surface area contributed by atoms with E-state index in [4.69, 9.17) is 11.6 Å². The highest BCUT2D eigenvalue weighted by Gasteiger charge is 2.24. The van der Waals surface area contributed by atoms with Crippen LogP contribution < -0.4 is 10.2 Å². The Hall–Kier alpha value is -2.16. The van der Waals surface area contributed by atoms with Crippen molar-refractivity contribution in [2.24, 2.45) is 0 Å². The van der Waals surface area contributed by atoms with Crippen LogP contribution in [0.3, 0.4) is 0 Å². The molecule has 9 heteroatoms. The van der Waals surface area contributed by atoms with Crippen LogP contribution in [0.15, 0.2) is 41.3 Å². The Balaban J connectivity index is 1.84. The first kappa shape index (κ1) is 22.5. The van der Waals surface area contributed by atoms with E-state index >= 15 is 0 Å². The molecule has 6 nitrogen and oxygen atoms in total. The quantitative estimate of drug-likeness (QED) is 0.676. The minimum atomic E-state index is -3.74. The van der Waals surface area contributed by atoms with Gasteiger partial charge in [0.25, 0.3) is 5.91 Å². The highest BCUT2D eigenvalue weighted by Crippen LogP contribution is 2.28. The van der Waals surface area contributed by atoms with Gasteiger partial charge in [-0.2, -0.15) is 4.31 Å². The molecule has 2 aromatic carbocycles. The molecule has 0 saturated carbocycles. The highest BCUT2D eigenvalue weighted by molar-refractivity contribution is 7.89. The summed E-state index contributed by atoms with van der Waals surface area (Å²) in [5, 5.41) is 2.71. The third kappa shape index (κ3) is 4.61. The molecule has 2 aromatic rings. The van der Waals surface area contributed by atoms with Crippen molar-refractivity contribution in [3.05, 3.63) is 52.8 Å². The number of amides is 1. The summed E-state index contributed by atoms with van der Waals surface area (Å²) in [5.74, 6) is -1.02. The van der Waals surface area contributed by atoms with Gasteiger partial charge in [0, 0.05) is 31.9 Å². The maximum atomic E-state index is 14.5. The fraction of sp³-hybridized carbons (Fsp3) is 0.381. The van der Waals surface area contributed by atoms with Gasteiger partial charge in [-0.25, -0.2) is 12.8 Å². The van der Waals surface area contributed by atoms with Crippen molar-refractivity contribution in [3.8, 4) is 0 Å². The summed E-state index contributed by atoms with van der Waals surface area (Å²) >= 11 is 6.15. The summed E-state index contributed by atoms with van der Waals surface area (Å²) in [6, 6.07) is 8.52. The Morgan fingerprint density at radius 1 is 1.13 bits per heavy atom. The first-order chi connectivity index (χ1) is 14.3. The van der Waals surface area contributed by atoms with Gasteiger partial charge in [-0.3, -0.25) is 4.79 Å². The van der Waals surface area contributed by atoms with Crippen LogP contribution in [0.5, 0.6) is 0 Å². The Bertz CT molecular complexity index is 1040. The van der Waals surface area contributed by atoms with E-state index in [2.05, 4.69) is 5.32 Å². The summed E-state index contributed by atoms with van der Waals surface area (Å²) in [5.41, 5.74) is 0.790. The molecule has 162 valence electrons. The smallest absolute Gasteiger partial charge is 0.257 e. The second-order valence-electron chi connectivity index (χ2n) is 7.05. The summed E-state index contributed by atoms with van der Waals surface area (Å²) in [7, 11) is -3.74. The van der Waals surface area contributed by atoms with Gasteiger partial charge in [-0.1, -0.05) is 25.4 Å². The standard InChI is InChI=1S/C21H25ClFN3O3S/c1-3-26(4-2)30(28,29)16-8-9-18(22)17(14-16)21(27)24-15-7-10-20(19(23)13-15)25-11-5-6-12-25/h7-10,13-14H,3-6,11-12H2,1-2H3,(H,24,27). The van der Waals surface area contributed by atoms with E-state index in [-0.39, 0.29) is 21.2 Å². The molecule has 0 radical (unpaired) electrons. The molecular weight excluding hydrogens is 429 g/mol. The lowest BCUT2D eigenvalue weighted by atomic mass is 10.2. The van der Waals surface area contributed by atoms with Crippen molar-refractivity contribution in [2.75, 3.05) is 36.4 Å². The fourth-order valence-electron chi connectivity index (χ4n) is 3.55. The minimum Gasteiger partial charge on any atom is -0.369 e. The number of carbonyl (C=O) groups excluding carboxylic acids is 1. The monoisotopic (exact) mass is 453 g/mol. The van der Waals surface area contributed by atoms with Crippen molar-refractivity contribution >= 4 is 38.9 Å². The molecule has 1 aliphatic rings. The summed E-state index contributed by atoms with van der Waals surface area (Å²) < 4.78 is 41.3. The molecule has 1 fully saturated rings. The zero-order valence-electron chi connectivity index (χ0n) is 17.0. The van der Waals surface area contributed by atoms with Crippen LogP contribution in [0.4, 0.5) is 15.8 Å². The molecule has 1 amide bonds. The molecule has 0 spiro atoms. The lowest BCUT2D eigenvalue weighted by Gasteiger charge is -2.19. The number of hydrogen-bond donors (Lipinski definition) is 1. The molecule has 3 rings (SSSR count). The van der Waals surface area contributed by atoms with Crippen molar-refractivity contribution in [1.29, 1.82) is 0 Å². The minimum absolute atomic E-state index is 0.00826. The lowest BCUT2D eigenvalue weighted by molar-refractivity contribution is 0.102. The molecule has 1 N–H and O–H groups in total. The van der Waals surface area contributed by atoms with Crippen LogP contribution >= 0.6 is 11.6 Å². The highest BCUT2D eigenvalue weighted by atomic mass is 35.5. The van der Waals surface area contributed by atoms with Gasteiger partial charge in [0.2, 0.25) is 10.0 Å². The normalized spacial score (nSPS) is 14.4. The van der Waals surface area contributed by atoms with Gasteiger partial charge < -0.3 is 10.2 Å². The van der Waals surface area contributed by atoms with E-state index in [0.29, 0.717) is 18.8 Å². The maximum Gasteiger partial charge on any atom is 0.257 e. The van der Waals surface area contributed by atoms with Crippen molar-refractivity contribution < 1.29 is 17.6 Å². The van der Waals surface area contributed by atoms with Crippen LogP contribution in [0, 0.1) is 5.82 Å². The third-order valence-electron chi connectivity index (χ3n) is 5.18. The van der Waals surface area contributed by atoms with E-state index in [0.717, 1.165) is 25.9 Å². The molecule has 0 aliphatic carbocycles. The number of benzene rings is 2. The van der Waals surface area contributed by atoms with Gasteiger partial charge in [-0.15, -0.1) is 0 Å². The van der Waals surface area contributed by atoms with Crippen LogP contribution in [-0.4, -0.2) is 44.8 Å². The number of halogens is 2. The third-order valence-corrected chi connectivity index (χ3v) is 7.55. The molecule has 1 heterocycles. The number of nitrogens with zero attached hydrogens (tertiary/aromatic N) is 2. The van der Waals surface area contributed by atoms with Crippen LogP contribution in [0.2, 0.25) is 5.02 Å². The van der Waals surface area contributed by atoms with Crippen LogP contribution in [-0.2, 0) is 10.0 Å². The molecule has 0 atom stereocenters. The molecular formula is C21H25ClFN3O3S. The molecule has 30 heavy (non-hydrogen) atoms. The Morgan fingerprint density at radius 2 is 1.80 bits per heavy atom. The zero-order chi connectivity index (χ0) is 21.9. The SMILES string of the molecule is CCN(CC)S(=O)(=O)c1ccc(Cl)c(C(=O)Nc2ccc(N3CCCC3)c(F)c2)c1. The van der Waals surface area contributed by atoms with Crippen molar-refractivity contribution in [1.82, 2.24) is 4.31 Å². The first-order valence-corrected chi connectivity index (χ1v) is 11.7. The lowest BCUT2D eigenvalue weighted by Crippen LogP contribution is -2.30. The van der Waals surface area contributed by atoms with E-state index in [1.807, 2.05) is 4.90 Å². The Kier molecular flexibility index (Phi) is 7.00. The van der Waals surface area contributed by atoms with E-state index in [1.165, 1.54) is 28.6 Å². The molecule has 1 saturated heterocycles. The van der Waals surface area contributed by atoms with Crippen molar-refractivity contribution in [3.63, 3.8) is 0 Å². The van der Waals surface area contributed by atoms with Crippen molar-refractivity contribution in [2.45, 2.75) is 31.6 Å². The summed E-state index contributed by atoms with van der Waals surface area (Å²) in [6.07, 6.45) is 2.06. The molecule has 0 bridgehead atoms. The van der Waals surface area contributed by atoms with E-state index in [1.54, 1.807) is 26.0 Å². The first-order valence-electron chi connectivity index (χ1n) is 9.93. The number of rotatable bonds is 7. The second kappa shape index (κ2) is 9.32. The molecule has 1 aliphatic heterocycles. The number of anilines is 2. The average molecular weight is 454 g/mol. The number of nitrogens with one attached hydrogen (secondary N) is 1. The van der Waals surface area contributed by atoms with Gasteiger partial charge in [0.15, 0.2) is 0 Å². The molecule has 0 aromatic heterocycles. The predicted molar refractivity (Wildman–Crippen MR) is 117 cm³/mol. The fourth-order valence-corrected chi connectivity index (χ4v) is 5.24. The molecule has 0 unspecified atom stereocenters. The second-order valence-corrected chi connectivity index (χ2v) is 9.39. The largest absolute Gasteiger partial charge is 0.369 e.